The fourth-order valence-electron chi connectivity index (χ4n) is 3.09. The van der Waals surface area contributed by atoms with Crippen LogP contribution in [-0.4, -0.2) is 12.1 Å². The molecular weight excluding hydrogens is 218 g/mol. The average molecular weight is 253 g/mol. The number of unbranched alkanes of at least 4 members (excludes halogenated alkanes) is 7. The maximum Gasteiger partial charge on any atom is 0.0181 e. The molecule has 0 aromatic heterocycles. The van der Waals surface area contributed by atoms with E-state index in [1.165, 1.54) is 90.0 Å². The van der Waals surface area contributed by atoms with Crippen molar-refractivity contribution in [1.29, 1.82) is 0 Å². The second-order valence-corrected chi connectivity index (χ2v) is 6.29. The lowest BCUT2D eigenvalue weighted by molar-refractivity contribution is 0.164. The fourth-order valence-corrected chi connectivity index (χ4v) is 3.09. The lowest BCUT2D eigenvalue weighted by atomic mass is 9.73. The highest BCUT2D eigenvalue weighted by Crippen LogP contribution is 2.36. The monoisotopic (exact) mass is 253 g/mol. The Kier molecular flexibility index (Phi) is 8.75. The van der Waals surface area contributed by atoms with Crippen LogP contribution >= 0.6 is 0 Å². The van der Waals surface area contributed by atoms with Gasteiger partial charge in [0, 0.05) is 5.54 Å². The Bertz CT molecular complexity index is 184. The maximum absolute atomic E-state index is 3.89. The van der Waals surface area contributed by atoms with Gasteiger partial charge in [-0.05, 0) is 38.6 Å². The largest absolute Gasteiger partial charge is 0.311 e. The molecule has 1 saturated carbocycles. The van der Waals surface area contributed by atoms with Crippen molar-refractivity contribution in [2.24, 2.45) is 0 Å². The van der Waals surface area contributed by atoms with Crippen LogP contribution in [0.3, 0.4) is 0 Å². The van der Waals surface area contributed by atoms with Crippen LogP contribution in [0.4, 0.5) is 0 Å². The molecule has 0 heterocycles. The maximum atomic E-state index is 3.89. The number of hydrogen-bond donors (Lipinski definition) is 1. The molecule has 18 heavy (non-hydrogen) atoms. The predicted octanol–water partition coefficient (Wildman–Crippen LogP) is 5.44. The van der Waals surface area contributed by atoms with Crippen molar-refractivity contribution >= 4 is 0 Å². The van der Waals surface area contributed by atoms with E-state index in [2.05, 4.69) is 19.2 Å². The first-order valence-corrected chi connectivity index (χ1v) is 8.58. The van der Waals surface area contributed by atoms with Crippen LogP contribution in [0.15, 0.2) is 0 Å². The molecule has 1 aliphatic carbocycles. The summed E-state index contributed by atoms with van der Waals surface area (Å²) in [5, 5.41) is 3.89. The topological polar surface area (TPSA) is 12.0 Å². The average Bonchev–Trinajstić information content (AvgIpc) is 2.34. The smallest absolute Gasteiger partial charge is 0.0181 e. The Hall–Kier alpha value is -0.0400. The van der Waals surface area contributed by atoms with Gasteiger partial charge in [0.05, 0.1) is 0 Å². The molecule has 0 aliphatic heterocycles. The third-order valence-electron chi connectivity index (χ3n) is 4.60. The van der Waals surface area contributed by atoms with Crippen molar-refractivity contribution in [1.82, 2.24) is 5.32 Å². The molecule has 0 radical (unpaired) electrons. The van der Waals surface area contributed by atoms with Gasteiger partial charge in [0.25, 0.3) is 0 Å². The molecule has 1 fully saturated rings. The predicted molar refractivity (Wildman–Crippen MR) is 82.1 cm³/mol. The first-order valence-electron chi connectivity index (χ1n) is 8.58. The summed E-state index contributed by atoms with van der Waals surface area (Å²) >= 11 is 0. The summed E-state index contributed by atoms with van der Waals surface area (Å²) in [6.07, 6.45) is 18.4. The van der Waals surface area contributed by atoms with Crippen molar-refractivity contribution in [2.45, 2.75) is 103 Å². The molecule has 1 aliphatic rings. The molecule has 108 valence electrons. The molecule has 0 amide bonds. The summed E-state index contributed by atoms with van der Waals surface area (Å²) < 4.78 is 0. The first-order chi connectivity index (χ1) is 8.83. The third-order valence-corrected chi connectivity index (χ3v) is 4.60. The summed E-state index contributed by atoms with van der Waals surface area (Å²) in [4.78, 5) is 0. The zero-order chi connectivity index (χ0) is 13.1. The van der Waals surface area contributed by atoms with Crippen LogP contribution in [0.5, 0.6) is 0 Å². The van der Waals surface area contributed by atoms with E-state index in [9.17, 15) is 0 Å². The summed E-state index contributed by atoms with van der Waals surface area (Å²) in [6.45, 7) is 5.85. The highest BCUT2D eigenvalue weighted by atomic mass is 15.0. The molecule has 0 bridgehead atoms. The van der Waals surface area contributed by atoms with E-state index in [4.69, 9.17) is 0 Å². The van der Waals surface area contributed by atoms with Gasteiger partial charge in [-0.3, -0.25) is 0 Å². The van der Waals surface area contributed by atoms with Crippen LogP contribution in [0, 0.1) is 0 Å². The summed E-state index contributed by atoms with van der Waals surface area (Å²) in [7, 11) is 0. The van der Waals surface area contributed by atoms with Crippen molar-refractivity contribution in [2.75, 3.05) is 6.54 Å². The van der Waals surface area contributed by atoms with E-state index in [0.717, 1.165) is 0 Å². The molecular formula is C17H35N. The molecule has 0 saturated heterocycles. The third kappa shape index (κ3) is 6.22. The Morgan fingerprint density at radius 3 is 1.94 bits per heavy atom. The molecule has 1 heteroatoms. The van der Waals surface area contributed by atoms with E-state index >= 15 is 0 Å². The van der Waals surface area contributed by atoms with E-state index in [1.54, 1.807) is 0 Å². The summed E-state index contributed by atoms with van der Waals surface area (Å²) in [5.41, 5.74) is 0.568. The van der Waals surface area contributed by atoms with Crippen LogP contribution in [-0.2, 0) is 0 Å². The molecule has 0 atom stereocenters. The molecule has 1 N–H and O–H groups in total. The van der Waals surface area contributed by atoms with Crippen molar-refractivity contribution < 1.29 is 0 Å². The second-order valence-electron chi connectivity index (χ2n) is 6.29. The van der Waals surface area contributed by atoms with Gasteiger partial charge < -0.3 is 5.32 Å². The Morgan fingerprint density at radius 1 is 0.778 bits per heavy atom. The summed E-state index contributed by atoms with van der Waals surface area (Å²) in [6, 6.07) is 0. The van der Waals surface area contributed by atoms with Crippen LogP contribution < -0.4 is 5.32 Å². The Labute approximate surface area is 115 Å². The van der Waals surface area contributed by atoms with Gasteiger partial charge >= 0.3 is 0 Å². The molecule has 0 unspecified atom stereocenters. The van der Waals surface area contributed by atoms with Gasteiger partial charge in [0.2, 0.25) is 0 Å². The minimum atomic E-state index is 0.568. The van der Waals surface area contributed by atoms with Gasteiger partial charge in [-0.2, -0.15) is 0 Å². The number of hydrogen-bond acceptors (Lipinski definition) is 1. The van der Waals surface area contributed by atoms with Gasteiger partial charge in [-0.15, -0.1) is 0 Å². The van der Waals surface area contributed by atoms with Gasteiger partial charge in [-0.25, -0.2) is 0 Å². The highest BCUT2D eigenvalue weighted by molar-refractivity contribution is 4.95. The lowest BCUT2D eigenvalue weighted by Gasteiger charge is -2.43. The fraction of sp³-hybridized carbons (Fsp3) is 1.00. The SMILES string of the molecule is CCCCCCCNC1(CCCCCC)CCC1. The van der Waals surface area contributed by atoms with Gasteiger partial charge in [0.15, 0.2) is 0 Å². The number of nitrogens with one attached hydrogen (secondary N) is 1. The van der Waals surface area contributed by atoms with E-state index < -0.39 is 0 Å². The zero-order valence-corrected chi connectivity index (χ0v) is 12.9. The van der Waals surface area contributed by atoms with E-state index in [0.29, 0.717) is 5.54 Å². The van der Waals surface area contributed by atoms with Crippen LogP contribution in [0.25, 0.3) is 0 Å². The minimum Gasteiger partial charge on any atom is -0.311 e. The Balaban J connectivity index is 2.01. The molecule has 1 rings (SSSR count). The molecule has 0 spiro atoms. The van der Waals surface area contributed by atoms with Gasteiger partial charge in [0.1, 0.15) is 0 Å². The second kappa shape index (κ2) is 9.83. The highest BCUT2D eigenvalue weighted by Gasteiger charge is 2.35. The Morgan fingerprint density at radius 2 is 1.39 bits per heavy atom. The normalized spacial score (nSPS) is 17.7. The van der Waals surface area contributed by atoms with E-state index in [-0.39, 0.29) is 0 Å². The standard InChI is InChI=1S/C17H35N/c1-3-5-7-9-11-16-18-17(14-12-15-17)13-10-8-6-4-2/h18H,3-16H2,1-2H3. The van der Waals surface area contributed by atoms with Gasteiger partial charge in [-0.1, -0.05) is 65.2 Å². The molecule has 0 aromatic rings. The minimum absolute atomic E-state index is 0.568. The summed E-state index contributed by atoms with van der Waals surface area (Å²) in [5.74, 6) is 0. The molecule has 0 aromatic carbocycles. The van der Waals surface area contributed by atoms with Crippen LogP contribution in [0.1, 0.15) is 97.3 Å². The first kappa shape index (κ1) is 16.0. The quantitative estimate of drug-likeness (QED) is 0.457. The number of rotatable bonds is 12. The van der Waals surface area contributed by atoms with Crippen molar-refractivity contribution in [3.8, 4) is 0 Å². The molecule has 1 nitrogen and oxygen atoms in total. The van der Waals surface area contributed by atoms with Crippen LogP contribution in [0.2, 0.25) is 0 Å². The van der Waals surface area contributed by atoms with Crippen molar-refractivity contribution in [3.63, 3.8) is 0 Å². The lowest BCUT2D eigenvalue weighted by Crippen LogP contribution is -2.51. The van der Waals surface area contributed by atoms with E-state index in [1.807, 2.05) is 0 Å². The van der Waals surface area contributed by atoms with Crippen molar-refractivity contribution in [3.05, 3.63) is 0 Å². The zero-order valence-electron chi connectivity index (χ0n) is 12.9.